The monoisotopic (exact) mass is 267 g/mol. The lowest BCUT2D eigenvalue weighted by Crippen LogP contribution is -2.55. The normalized spacial score (nSPS) is 22.4. The van der Waals surface area contributed by atoms with Crippen LogP contribution in [0.5, 0.6) is 0 Å². The molecule has 7 nitrogen and oxygen atoms in total. The summed E-state index contributed by atoms with van der Waals surface area (Å²) in [6, 6.07) is 0. The molecule has 1 aliphatic heterocycles. The third-order valence-corrected chi connectivity index (χ3v) is 3.43. The number of H-pyrrole nitrogens is 1. The van der Waals surface area contributed by atoms with Gasteiger partial charge in [0, 0.05) is 24.3 Å². The minimum Gasteiger partial charge on any atom is -0.479 e. The second-order valence-corrected chi connectivity index (χ2v) is 4.83. The first kappa shape index (κ1) is 13.5. The van der Waals surface area contributed by atoms with E-state index in [1.165, 1.54) is 0 Å². The molecule has 1 saturated heterocycles. The molecule has 104 valence electrons. The molecule has 1 atom stereocenters. The Morgan fingerprint density at radius 1 is 1.53 bits per heavy atom. The number of carbonyl (C=O) groups excluding carboxylic acids is 1. The van der Waals surface area contributed by atoms with Crippen molar-refractivity contribution in [3.05, 3.63) is 17.0 Å². The Kier molecular flexibility index (Phi) is 3.57. The van der Waals surface area contributed by atoms with E-state index in [4.69, 9.17) is 4.74 Å². The first-order valence-corrected chi connectivity index (χ1v) is 6.07. The molecule has 2 heterocycles. The van der Waals surface area contributed by atoms with Gasteiger partial charge in [-0.1, -0.05) is 0 Å². The minimum atomic E-state index is -1.29. The summed E-state index contributed by atoms with van der Waals surface area (Å²) >= 11 is 0. The van der Waals surface area contributed by atoms with Crippen LogP contribution in [0, 0.1) is 13.8 Å². The summed E-state index contributed by atoms with van der Waals surface area (Å²) in [6.45, 7) is 3.99. The van der Waals surface area contributed by atoms with Gasteiger partial charge in [0.1, 0.15) is 0 Å². The second kappa shape index (κ2) is 5.00. The molecule has 3 N–H and O–H groups in total. The topological polar surface area (TPSA) is 104 Å². The summed E-state index contributed by atoms with van der Waals surface area (Å²) in [6.07, 6.45) is 0.403. The third-order valence-electron chi connectivity index (χ3n) is 3.43. The molecular formula is C12H17N3O4. The van der Waals surface area contributed by atoms with Crippen molar-refractivity contribution in [2.45, 2.75) is 32.2 Å². The molecule has 19 heavy (non-hydrogen) atoms. The molecule has 0 saturated carbocycles. The number of rotatable bonds is 4. The standard InChI is InChI=1S/C12H17N3O4/c1-7-9(8(2)15-14-7)5-10(16)13-12(11(17)18)3-4-19-6-12/h3-6H2,1-2H3,(H,13,16)(H,14,15)(H,17,18). The number of aliphatic carboxylic acids is 1. The molecule has 1 aliphatic rings. The van der Waals surface area contributed by atoms with E-state index in [0.29, 0.717) is 6.61 Å². The van der Waals surface area contributed by atoms with Crippen LogP contribution in [-0.4, -0.2) is 45.9 Å². The molecule has 2 rings (SSSR count). The number of nitrogens with zero attached hydrogens (tertiary/aromatic N) is 1. The van der Waals surface area contributed by atoms with Gasteiger partial charge in [-0.15, -0.1) is 0 Å². The van der Waals surface area contributed by atoms with Crippen LogP contribution < -0.4 is 5.32 Å². The number of ether oxygens (including phenoxy) is 1. The van der Waals surface area contributed by atoms with Gasteiger partial charge in [0.25, 0.3) is 0 Å². The van der Waals surface area contributed by atoms with Gasteiger partial charge in [-0.05, 0) is 13.8 Å². The molecule has 0 bridgehead atoms. The third kappa shape index (κ3) is 2.60. The molecule has 7 heteroatoms. The van der Waals surface area contributed by atoms with Gasteiger partial charge in [0.05, 0.1) is 18.7 Å². The molecule has 0 aliphatic carbocycles. The Labute approximate surface area is 110 Å². The number of aromatic amines is 1. The molecular weight excluding hydrogens is 250 g/mol. The lowest BCUT2D eigenvalue weighted by atomic mass is 9.98. The largest absolute Gasteiger partial charge is 0.479 e. The number of carboxylic acids is 1. The summed E-state index contributed by atoms with van der Waals surface area (Å²) in [5, 5.41) is 18.6. The molecule has 1 fully saturated rings. The summed E-state index contributed by atoms with van der Waals surface area (Å²) < 4.78 is 5.09. The van der Waals surface area contributed by atoms with E-state index in [0.717, 1.165) is 17.0 Å². The predicted octanol–water partition coefficient (Wildman–Crippen LogP) is -0.0711. The first-order valence-electron chi connectivity index (χ1n) is 6.07. The highest BCUT2D eigenvalue weighted by Crippen LogP contribution is 2.19. The van der Waals surface area contributed by atoms with E-state index >= 15 is 0 Å². The number of carboxylic acid groups (broad SMARTS) is 1. The maximum atomic E-state index is 12.0. The Hall–Kier alpha value is -1.89. The zero-order valence-electron chi connectivity index (χ0n) is 10.9. The van der Waals surface area contributed by atoms with Gasteiger partial charge in [-0.25, -0.2) is 4.79 Å². The van der Waals surface area contributed by atoms with Gasteiger partial charge in [-0.3, -0.25) is 9.89 Å². The van der Waals surface area contributed by atoms with Crippen LogP contribution in [0.15, 0.2) is 0 Å². The van der Waals surface area contributed by atoms with Crippen LogP contribution >= 0.6 is 0 Å². The van der Waals surface area contributed by atoms with Crippen LogP contribution in [-0.2, 0) is 20.7 Å². The summed E-state index contributed by atoms with van der Waals surface area (Å²) in [4.78, 5) is 23.3. The van der Waals surface area contributed by atoms with Gasteiger partial charge in [0.2, 0.25) is 5.91 Å². The molecule has 0 spiro atoms. The molecule has 0 aromatic carbocycles. The lowest BCUT2D eigenvalue weighted by Gasteiger charge is -2.23. The number of hydrogen-bond acceptors (Lipinski definition) is 4. The Balaban J connectivity index is 2.07. The number of aryl methyl sites for hydroxylation is 2. The summed E-state index contributed by atoms with van der Waals surface area (Å²) in [5.41, 5.74) is 1.08. The average Bonchev–Trinajstić information content (AvgIpc) is 2.92. The minimum absolute atomic E-state index is 0.0113. The van der Waals surface area contributed by atoms with Gasteiger partial charge in [0.15, 0.2) is 5.54 Å². The van der Waals surface area contributed by atoms with E-state index in [1.807, 2.05) is 6.92 Å². The van der Waals surface area contributed by atoms with Gasteiger partial charge < -0.3 is 15.2 Å². The molecule has 1 amide bonds. The number of amides is 1. The maximum Gasteiger partial charge on any atom is 0.331 e. The molecule has 1 aromatic heterocycles. The number of carbonyl (C=O) groups is 2. The van der Waals surface area contributed by atoms with Crippen molar-refractivity contribution in [1.29, 1.82) is 0 Å². The van der Waals surface area contributed by atoms with Crippen molar-refractivity contribution >= 4 is 11.9 Å². The Morgan fingerprint density at radius 2 is 2.26 bits per heavy atom. The van der Waals surface area contributed by atoms with Crippen molar-refractivity contribution in [1.82, 2.24) is 15.5 Å². The van der Waals surface area contributed by atoms with E-state index in [-0.39, 0.29) is 25.4 Å². The Bertz CT molecular complexity index is 484. The van der Waals surface area contributed by atoms with E-state index < -0.39 is 11.5 Å². The van der Waals surface area contributed by atoms with Crippen LogP contribution in [0.1, 0.15) is 23.4 Å². The van der Waals surface area contributed by atoms with Crippen LogP contribution in [0.25, 0.3) is 0 Å². The fraction of sp³-hybridized carbons (Fsp3) is 0.583. The summed E-state index contributed by atoms with van der Waals surface area (Å²) in [5.74, 6) is -1.39. The van der Waals surface area contributed by atoms with Crippen molar-refractivity contribution < 1.29 is 19.4 Å². The van der Waals surface area contributed by atoms with Crippen molar-refractivity contribution in [3.63, 3.8) is 0 Å². The number of aromatic nitrogens is 2. The van der Waals surface area contributed by atoms with Crippen LogP contribution in [0.2, 0.25) is 0 Å². The highest BCUT2D eigenvalue weighted by molar-refractivity contribution is 5.88. The smallest absolute Gasteiger partial charge is 0.331 e. The highest BCUT2D eigenvalue weighted by Gasteiger charge is 2.43. The first-order chi connectivity index (χ1) is 8.94. The molecule has 1 aromatic rings. The molecule has 1 unspecified atom stereocenters. The zero-order valence-corrected chi connectivity index (χ0v) is 10.9. The van der Waals surface area contributed by atoms with E-state index in [1.54, 1.807) is 6.92 Å². The fourth-order valence-electron chi connectivity index (χ4n) is 2.19. The molecule has 0 radical (unpaired) electrons. The van der Waals surface area contributed by atoms with Crippen LogP contribution in [0.4, 0.5) is 0 Å². The zero-order chi connectivity index (χ0) is 14.0. The van der Waals surface area contributed by atoms with Crippen molar-refractivity contribution in [3.8, 4) is 0 Å². The van der Waals surface area contributed by atoms with Gasteiger partial charge >= 0.3 is 5.97 Å². The predicted molar refractivity (Wildman–Crippen MR) is 65.7 cm³/mol. The SMILES string of the molecule is Cc1n[nH]c(C)c1CC(=O)NC1(C(=O)O)CCOC1. The number of hydrogen-bond donors (Lipinski definition) is 3. The Morgan fingerprint density at radius 3 is 2.74 bits per heavy atom. The fourth-order valence-corrected chi connectivity index (χ4v) is 2.19. The van der Waals surface area contributed by atoms with E-state index in [9.17, 15) is 14.7 Å². The van der Waals surface area contributed by atoms with Crippen LogP contribution in [0.3, 0.4) is 0 Å². The average molecular weight is 267 g/mol. The quantitative estimate of drug-likeness (QED) is 0.708. The maximum absolute atomic E-state index is 12.0. The lowest BCUT2D eigenvalue weighted by molar-refractivity contribution is -0.147. The summed E-state index contributed by atoms with van der Waals surface area (Å²) in [7, 11) is 0. The van der Waals surface area contributed by atoms with Crippen molar-refractivity contribution in [2.75, 3.05) is 13.2 Å². The highest BCUT2D eigenvalue weighted by atomic mass is 16.5. The van der Waals surface area contributed by atoms with Crippen molar-refractivity contribution in [2.24, 2.45) is 0 Å². The van der Waals surface area contributed by atoms with E-state index in [2.05, 4.69) is 15.5 Å². The number of nitrogens with one attached hydrogen (secondary N) is 2. The van der Waals surface area contributed by atoms with Gasteiger partial charge in [-0.2, -0.15) is 5.10 Å². The second-order valence-electron chi connectivity index (χ2n) is 4.83.